The van der Waals surface area contributed by atoms with E-state index >= 15 is 0 Å². The van der Waals surface area contributed by atoms with Crippen molar-refractivity contribution in [3.05, 3.63) is 65.5 Å². The third-order valence-corrected chi connectivity index (χ3v) is 4.45. The second kappa shape index (κ2) is 6.42. The molecule has 0 aliphatic rings. The van der Waals surface area contributed by atoms with Gasteiger partial charge < -0.3 is 16.0 Å². The second-order valence-electron chi connectivity index (χ2n) is 6.35. The van der Waals surface area contributed by atoms with Gasteiger partial charge in [-0.2, -0.15) is 10.2 Å². The minimum absolute atomic E-state index is 0.163. The third-order valence-electron chi connectivity index (χ3n) is 4.45. The topological polar surface area (TPSA) is 119 Å². The van der Waals surface area contributed by atoms with Crippen molar-refractivity contribution in [3.63, 3.8) is 0 Å². The molecule has 4 rings (SSSR count). The molecule has 0 spiro atoms. The number of nitrogens with two attached hydrogens (primary N) is 2. The lowest BCUT2D eigenvalue weighted by molar-refractivity contribution is 0.808. The second-order valence-corrected chi connectivity index (χ2v) is 6.35. The van der Waals surface area contributed by atoms with E-state index in [0.717, 1.165) is 22.4 Å². The van der Waals surface area contributed by atoms with Crippen LogP contribution in [-0.4, -0.2) is 19.5 Å². The Hall–Kier alpha value is -3.92. The molecule has 0 amide bonds. The van der Waals surface area contributed by atoms with E-state index in [1.54, 1.807) is 18.5 Å². The first-order valence-corrected chi connectivity index (χ1v) is 8.39. The maximum Gasteiger partial charge on any atom is 0.222 e. The maximum atomic E-state index is 9.15. The SMILES string of the molecule is Cc1cc(N)ccc1Cn1cnc2c(-c3cccc(C#N)c3)nc(N)nc21. The number of aryl methyl sites for hydroxylation is 1. The number of hydrogen-bond acceptors (Lipinski definition) is 6. The van der Waals surface area contributed by atoms with Gasteiger partial charge in [0.05, 0.1) is 24.5 Å². The van der Waals surface area contributed by atoms with Gasteiger partial charge in [-0.1, -0.05) is 18.2 Å². The highest BCUT2D eigenvalue weighted by atomic mass is 15.1. The average molecular weight is 355 g/mol. The van der Waals surface area contributed by atoms with E-state index in [1.165, 1.54) is 0 Å². The van der Waals surface area contributed by atoms with Crippen LogP contribution in [0.25, 0.3) is 22.4 Å². The van der Waals surface area contributed by atoms with Crippen molar-refractivity contribution in [1.82, 2.24) is 19.5 Å². The Bertz CT molecular complexity index is 1200. The molecule has 7 heteroatoms. The zero-order chi connectivity index (χ0) is 19.0. The Kier molecular flexibility index (Phi) is 3.94. The van der Waals surface area contributed by atoms with Crippen LogP contribution in [0.5, 0.6) is 0 Å². The molecular formula is C20H17N7. The number of benzene rings is 2. The van der Waals surface area contributed by atoms with Gasteiger partial charge in [-0.15, -0.1) is 0 Å². The lowest BCUT2D eigenvalue weighted by Gasteiger charge is -2.09. The molecule has 0 saturated carbocycles. The Labute approximate surface area is 155 Å². The highest BCUT2D eigenvalue weighted by molar-refractivity contribution is 5.88. The molecule has 0 radical (unpaired) electrons. The van der Waals surface area contributed by atoms with Gasteiger partial charge in [-0.25, -0.2) is 9.97 Å². The van der Waals surface area contributed by atoms with Crippen molar-refractivity contribution >= 4 is 22.8 Å². The average Bonchev–Trinajstić information content (AvgIpc) is 3.06. The zero-order valence-electron chi connectivity index (χ0n) is 14.7. The van der Waals surface area contributed by atoms with Crippen molar-refractivity contribution in [2.24, 2.45) is 0 Å². The molecule has 27 heavy (non-hydrogen) atoms. The van der Waals surface area contributed by atoms with Crippen LogP contribution in [0.15, 0.2) is 48.8 Å². The standard InChI is InChI=1S/C20H17N7/c1-12-7-16(22)6-5-15(12)10-27-11-24-18-17(25-20(23)26-19(18)27)14-4-2-3-13(8-14)9-21/h2-8,11H,10,22H2,1H3,(H2,23,25,26). The molecule has 4 aromatic rings. The molecule has 0 saturated heterocycles. The number of nitrogen functional groups attached to an aromatic ring is 2. The van der Waals surface area contributed by atoms with Gasteiger partial charge >= 0.3 is 0 Å². The van der Waals surface area contributed by atoms with Crippen molar-refractivity contribution in [1.29, 1.82) is 5.26 Å². The molecule has 0 unspecified atom stereocenters. The predicted octanol–water partition coefficient (Wildman–Crippen LogP) is 2.89. The van der Waals surface area contributed by atoms with Crippen molar-refractivity contribution in [3.8, 4) is 17.3 Å². The van der Waals surface area contributed by atoms with Crippen LogP contribution in [0.3, 0.4) is 0 Å². The van der Waals surface area contributed by atoms with Crippen LogP contribution >= 0.6 is 0 Å². The lowest BCUT2D eigenvalue weighted by Crippen LogP contribution is -2.04. The summed E-state index contributed by atoms with van der Waals surface area (Å²) in [7, 11) is 0. The summed E-state index contributed by atoms with van der Waals surface area (Å²) in [4.78, 5) is 13.3. The molecular weight excluding hydrogens is 338 g/mol. The van der Waals surface area contributed by atoms with Crippen LogP contribution in [-0.2, 0) is 6.54 Å². The number of nitrogens with zero attached hydrogens (tertiary/aromatic N) is 5. The van der Waals surface area contributed by atoms with E-state index in [9.17, 15) is 0 Å². The van der Waals surface area contributed by atoms with Gasteiger partial charge in [0.1, 0.15) is 11.2 Å². The molecule has 2 aromatic carbocycles. The minimum Gasteiger partial charge on any atom is -0.399 e. The van der Waals surface area contributed by atoms with Gasteiger partial charge in [0.15, 0.2) is 5.65 Å². The number of hydrogen-bond donors (Lipinski definition) is 2. The monoisotopic (exact) mass is 355 g/mol. The summed E-state index contributed by atoms with van der Waals surface area (Å²) in [6, 6.07) is 15.2. The summed E-state index contributed by atoms with van der Waals surface area (Å²) < 4.78 is 1.93. The zero-order valence-corrected chi connectivity index (χ0v) is 14.7. The number of nitriles is 1. The van der Waals surface area contributed by atoms with Crippen LogP contribution in [0.4, 0.5) is 11.6 Å². The Morgan fingerprint density at radius 1 is 1.11 bits per heavy atom. The first-order chi connectivity index (χ1) is 13.0. The van der Waals surface area contributed by atoms with Crippen LogP contribution in [0.1, 0.15) is 16.7 Å². The summed E-state index contributed by atoms with van der Waals surface area (Å²) in [5, 5.41) is 9.15. The van der Waals surface area contributed by atoms with E-state index < -0.39 is 0 Å². The Balaban J connectivity index is 1.84. The summed E-state index contributed by atoms with van der Waals surface area (Å²) >= 11 is 0. The van der Waals surface area contributed by atoms with Crippen molar-refractivity contribution < 1.29 is 0 Å². The van der Waals surface area contributed by atoms with Crippen LogP contribution in [0.2, 0.25) is 0 Å². The summed E-state index contributed by atoms with van der Waals surface area (Å²) in [5.41, 5.74) is 18.0. The largest absolute Gasteiger partial charge is 0.399 e. The molecule has 4 N–H and O–H groups in total. The first-order valence-electron chi connectivity index (χ1n) is 8.39. The number of anilines is 2. The highest BCUT2D eigenvalue weighted by Crippen LogP contribution is 2.27. The predicted molar refractivity (Wildman–Crippen MR) is 105 cm³/mol. The van der Waals surface area contributed by atoms with E-state index in [1.807, 2.05) is 41.8 Å². The van der Waals surface area contributed by atoms with E-state index in [-0.39, 0.29) is 5.95 Å². The van der Waals surface area contributed by atoms with Gasteiger partial charge in [-0.05, 0) is 42.3 Å². The molecule has 0 fully saturated rings. The van der Waals surface area contributed by atoms with Gasteiger partial charge in [0.2, 0.25) is 5.95 Å². The van der Waals surface area contributed by atoms with Crippen molar-refractivity contribution in [2.75, 3.05) is 11.5 Å². The summed E-state index contributed by atoms with van der Waals surface area (Å²) in [6.45, 7) is 2.61. The van der Waals surface area contributed by atoms with Crippen molar-refractivity contribution in [2.45, 2.75) is 13.5 Å². The quantitative estimate of drug-likeness (QED) is 0.545. The maximum absolute atomic E-state index is 9.15. The Morgan fingerprint density at radius 3 is 2.74 bits per heavy atom. The molecule has 0 aliphatic carbocycles. The molecule has 0 atom stereocenters. The van der Waals surface area contributed by atoms with E-state index in [0.29, 0.717) is 29.0 Å². The van der Waals surface area contributed by atoms with Gasteiger partial charge in [0, 0.05) is 11.3 Å². The normalized spacial score (nSPS) is 10.8. The number of aromatic nitrogens is 4. The minimum atomic E-state index is 0.163. The molecule has 2 aromatic heterocycles. The highest BCUT2D eigenvalue weighted by Gasteiger charge is 2.15. The molecule has 7 nitrogen and oxygen atoms in total. The van der Waals surface area contributed by atoms with E-state index in [2.05, 4.69) is 21.0 Å². The number of rotatable bonds is 3. The third kappa shape index (κ3) is 3.04. The first kappa shape index (κ1) is 16.5. The van der Waals surface area contributed by atoms with Crippen LogP contribution in [0, 0.1) is 18.3 Å². The number of fused-ring (bicyclic) bond motifs is 1. The molecule has 2 heterocycles. The summed E-state index contributed by atoms with van der Waals surface area (Å²) in [6.07, 6.45) is 1.73. The fourth-order valence-corrected chi connectivity index (χ4v) is 3.09. The lowest BCUT2D eigenvalue weighted by atomic mass is 10.1. The van der Waals surface area contributed by atoms with E-state index in [4.69, 9.17) is 16.7 Å². The van der Waals surface area contributed by atoms with Gasteiger partial charge in [0.25, 0.3) is 0 Å². The fraction of sp³-hybridized carbons (Fsp3) is 0.100. The fourth-order valence-electron chi connectivity index (χ4n) is 3.09. The number of imidazole rings is 1. The van der Waals surface area contributed by atoms with Crippen LogP contribution < -0.4 is 11.5 Å². The molecule has 132 valence electrons. The molecule has 0 bridgehead atoms. The smallest absolute Gasteiger partial charge is 0.222 e. The Morgan fingerprint density at radius 2 is 1.96 bits per heavy atom. The molecule has 0 aliphatic heterocycles. The summed E-state index contributed by atoms with van der Waals surface area (Å²) in [5.74, 6) is 0.163. The van der Waals surface area contributed by atoms with Gasteiger partial charge in [-0.3, -0.25) is 0 Å².